The van der Waals surface area contributed by atoms with Crippen molar-refractivity contribution in [2.45, 2.75) is 130 Å². The molecule has 5 aliphatic carbocycles. The Morgan fingerprint density at radius 2 is 1.68 bits per heavy atom. The molecular weight excluding hydrogens is 504 g/mol. The standard InChI is InChI=1S/C33H52N2O5/c1-19(2)27(40-28(34)36)23-9-7-21-24(38-23)17-22-20-8-10-25-30(3,4)26(39-29(37)35-15-6-16-35)11-12-33(25)18-32(20,33)14-13-31(21,22)5/h19-27H,6-18H2,1-5H3,(H2,34,36)/t20?,21?,22?,23?,24?,25?,26-,27+,31+,32-,33?/m0/s1. The van der Waals surface area contributed by atoms with E-state index in [9.17, 15) is 9.59 Å². The van der Waals surface area contributed by atoms with Gasteiger partial charge in [0.15, 0.2) is 0 Å². The molecule has 7 rings (SSSR count). The highest BCUT2D eigenvalue weighted by molar-refractivity contribution is 5.68. The van der Waals surface area contributed by atoms with Gasteiger partial charge in [-0.15, -0.1) is 0 Å². The molecule has 2 N–H and O–H groups in total. The van der Waals surface area contributed by atoms with E-state index in [4.69, 9.17) is 19.9 Å². The van der Waals surface area contributed by atoms with Gasteiger partial charge in [0.1, 0.15) is 12.2 Å². The van der Waals surface area contributed by atoms with Crippen LogP contribution < -0.4 is 5.73 Å². The Hall–Kier alpha value is -1.50. The van der Waals surface area contributed by atoms with Crippen LogP contribution in [0.5, 0.6) is 0 Å². The van der Waals surface area contributed by atoms with E-state index in [0.29, 0.717) is 28.1 Å². The zero-order chi connectivity index (χ0) is 28.2. The fourth-order valence-corrected chi connectivity index (χ4v) is 12.2. The average molecular weight is 557 g/mol. The van der Waals surface area contributed by atoms with E-state index in [-0.39, 0.29) is 41.8 Å². The smallest absolute Gasteiger partial charge is 0.410 e. The molecule has 7 aliphatic rings. The fraction of sp³-hybridized carbons (Fsp3) is 0.939. The molecule has 224 valence electrons. The van der Waals surface area contributed by atoms with Gasteiger partial charge in [0.25, 0.3) is 0 Å². The lowest BCUT2D eigenvalue weighted by Gasteiger charge is -2.59. The van der Waals surface area contributed by atoms with Gasteiger partial charge in [-0.3, -0.25) is 0 Å². The summed E-state index contributed by atoms with van der Waals surface area (Å²) in [6.45, 7) is 13.3. The van der Waals surface area contributed by atoms with E-state index in [1.807, 2.05) is 4.90 Å². The van der Waals surface area contributed by atoms with Crippen LogP contribution in [0.15, 0.2) is 0 Å². The van der Waals surface area contributed by atoms with E-state index < -0.39 is 6.09 Å². The quantitative estimate of drug-likeness (QED) is 0.425. The Morgan fingerprint density at radius 1 is 0.925 bits per heavy atom. The van der Waals surface area contributed by atoms with Crippen molar-refractivity contribution in [1.82, 2.24) is 4.90 Å². The van der Waals surface area contributed by atoms with Crippen molar-refractivity contribution in [2.24, 2.45) is 57.0 Å². The van der Waals surface area contributed by atoms with Crippen LogP contribution in [0.25, 0.3) is 0 Å². The summed E-state index contributed by atoms with van der Waals surface area (Å²) in [4.78, 5) is 26.3. The van der Waals surface area contributed by atoms with Crippen LogP contribution in [0.4, 0.5) is 9.59 Å². The maximum absolute atomic E-state index is 12.8. The second-order valence-electron chi connectivity index (χ2n) is 16.2. The SMILES string of the molecule is CC(C)[C@@H](OC(N)=O)C1CCC2C(CC3C4CCC5C(C)(C)[C@@H](OC(=O)N6CCC6)CCC56C[C@@]46CC[C@]23C)O1. The second-order valence-corrected chi connectivity index (χ2v) is 16.2. The summed E-state index contributed by atoms with van der Waals surface area (Å²) in [5.41, 5.74) is 6.73. The van der Waals surface area contributed by atoms with Gasteiger partial charge in [-0.1, -0.05) is 34.6 Å². The molecule has 2 saturated heterocycles. The van der Waals surface area contributed by atoms with Gasteiger partial charge >= 0.3 is 12.2 Å². The summed E-state index contributed by atoms with van der Waals surface area (Å²) >= 11 is 0. The lowest BCUT2D eigenvalue weighted by molar-refractivity contribution is -0.149. The molecule has 0 aromatic rings. The first-order valence-electron chi connectivity index (χ1n) is 16.5. The molecule has 7 unspecified atom stereocenters. The molecule has 2 spiro atoms. The third-order valence-electron chi connectivity index (χ3n) is 14.2. The lowest BCUT2D eigenvalue weighted by Crippen LogP contribution is -2.56. The van der Waals surface area contributed by atoms with E-state index >= 15 is 0 Å². The number of hydrogen-bond acceptors (Lipinski definition) is 5. The second kappa shape index (κ2) is 9.00. The van der Waals surface area contributed by atoms with Crippen LogP contribution in [0.3, 0.4) is 0 Å². The molecule has 7 nitrogen and oxygen atoms in total. The van der Waals surface area contributed by atoms with Crippen molar-refractivity contribution >= 4 is 12.2 Å². The number of nitrogens with zero attached hydrogens (tertiary/aromatic N) is 1. The summed E-state index contributed by atoms with van der Waals surface area (Å²) in [6.07, 6.45) is 12.5. The maximum Gasteiger partial charge on any atom is 0.410 e. The summed E-state index contributed by atoms with van der Waals surface area (Å²) in [6, 6.07) is 0. The Labute approximate surface area is 240 Å². The molecular formula is C33H52N2O5. The monoisotopic (exact) mass is 556 g/mol. The molecule has 11 atom stereocenters. The molecule has 2 heterocycles. The molecule has 2 aliphatic heterocycles. The molecule has 0 radical (unpaired) electrons. The Balaban J connectivity index is 1.08. The minimum atomic E-state index is -0.692. The first kappa shape index (κ1) is 27.3. The molecule has 7 fully saturated rings. The topological polar surface area (TPSA) is 91.1 Å². The van der Waals surface area contributed by atoms with Crippen molar-refractivity contribution in [3.63, 3.8) is 0 Å². The van der Waals surface area contributed by atoms with Gasteiger partial charge in [0, 0.05) is 18.5 Å². The Bertz CT molecular complexity index is 1060. The van der Waals surface area contributed by atoms with Gasteiger partial charge in [-0.05, 0) is 116 Å². The summed E-state index contributed by atoms with van der Waals surface area (Å²) in [7, 11) is 0. The zero-order valence-electron chi connectivity index (χ0n) is 25.5. The van der Waals surface area contributed by atoms with E-state index in [2.05, 4.69) is 34.6 Å². The highest BCUT2D eigenvalue weighted by atomic mass is 16.6. The summed E-state index contributed by atoms with van der Waals surface area (Å²) in [5, 5.41) is 0. The molecule has 0 bridgehead atoms. The molecule has 7 heteroatoms. The average Bonchev–Trinajstić information content (AvgIpc) is 3.43. The Kier molecular flexibility index (Phi) is 6.15. The first-order chi connectivity index (χ1) is 18.9. The van der Waals surface area contributed by atoms with Crippen LogP contribution in [0.2, 0.25) is 0 Å². The van der Waals surface area contributed by atoms with Gasteiger partial charge in [-0.2, -0.15) is 0 Å². The molecule has 40 heavy (non-hydrogen) atoms. The van der Waals surface area contributed by atoms with Gasteiger partial charge in [-0.25, -0.2) is 9.59 Å². The minimum Gasteiger partial charge on any atom is -0.446 e. The van der Waals surface area contributed by atoms with Crippen molar-refractivity contribution in [3.05, 3.63) is 0 Å². The van der Waals surface area contributed by atoms with E-state index in [1.54, 1.807) is 0 Å². The highest BCUT2D eigenvalue weighted by Crippen LogP contribution is 2.87. The van der Waals surface area contributed by atoms with Gasteiger partial charge in [0.2, 0.25) is 0 Å². The largest absolute Gasteiger partial charge is 0.446 e. The van der Waals surface area contributed by atoms with Crippen molar-refractivity contribution in [1.29, 1.82) is 0 Å². The first-order valence-corrected chi connectivity index (χ1v) is 16.5. The number of carbonyl (C=O) groups excluding carboxylic acids is 2. The number of carbonyl (C=O) groups is 2. The molecule has 0 aromatic heterocycles. The predicted octanol–water partition coefficient (Wildman–Crippen LogP) is 6.52. The molecule has 0 aromatic carbocycles. The van der Waals surface area contributed by atoms with Gasteiger partial charge in [0.05, 0.1) is 12.2 Å². The minimum absolute atomic E-state index is 0.0281. The van der Waals surface area contributed by atoms with Crippen molar-refractivity contribution < 1.29 is 23.8 Å². The number of ether oxygens (including phenoxy) is 3. The fourth-order valence-electron chi connectivity index (χ4n) is 12.2. The summed E-state index contributed by atoms with van der Waals surface area (Å²) in [5.74, 6) is 2.93. The van der Waals surface area contributed by atoms with Crippen molar-refractivity contribution in [2.75, 3.05) is 13.1 Å². The normalized spacial score (nSPS) is 48.9. The third-order valence-corrected chi connectivity index (χ3v) is 14.2. The van der Waals surface area contributed by atoms with Crippen LogP contribution in [0, 0.1) is 51.2 Å². The van der Waals surface area contributed by atoms with Crippen LogP contribution in [-0.4, -0.2) is 54.6 Å². The number of fused-ring (bicyclic) bond motifs is 4. The lowest BCUT2D eigenvalue weighted by atomic mass is 9.46. The summed E-state index contributed by atoms with van der Waals surface area (Å²) < 4.78 is 18.6. The van der Waals surface area contributed by atoms with Crippen LogP contribution in [0.1, 0.15) is 105 Å². The van der Waals surface area contributed by atoms with Crippen LogP contribution >= 0.6 is 0 Å². The third kappa shape index (κ3) is 3.63. The molecule has 5 saturated carbocycles. The molecule has 2 amide bonds. The van der Waals surface area contributed by atoms with E-state index in [1.165, 1.54) is 38.5 Å². The number of hydrogen-bond donors (Lipinski definition) is 1. The zero-order valence-corrected chi connectivity index (χ0v) is 25.5. The number of nitrogens with two attached hydrogens (primary N) is 1. The van der Waals surface area contributed by atoms with Crippen molar-refractivity contribution in [3.8, 4) is 0 Å². The van der Waals surface area contributed by atoms with Gasteiger partial charge < -0.3 is 24.8 Å². The Morgan fingerprint density at radius 3 is 2.35 bits per heavy atom. The number of primary amides is 1. The maximum atomic E-state index is 12.8. The van der Waals surface area contributed by atoms with E-state index in [0.717, 1.165) is 57.0 Å². The number of rotatable bonds is 4. The van der Waals surface area contributed by atoms with Crippen LogP contribution in [-0.2, 0) is 14.2 Å². The highest BCUT2D eigenvalue weighted by Gasteiger charge is 2.81. The predicted molar refractivity (Wildman–Crippen MR) is 151 cm³/mol. The number of amides is 2. The number of likely N-dealkylation sites (tertiary alicyclic amines) is 1.